The number of hydrogen-bond acceptors (Lipinski definition) is 3. The van der Waals surface area contributed by atoms with E-state index in [2.05, 4.69) is 0 Å². The molecule has 3 nitrogen and oxygen atoms in total. The molecule has 0 bridgehead atoms. The molecule has 0 fully saturated rings. The molecule has 1 atom stereocenters. The second-order valence-corrected chi connectivity index (χ2v) is 9.99. The van der Waals surface area contributed by atoms with Gasteiger partial charge in [0.1, 0.15) is 0 Å². The van der Waals surface area contributed by atoms with E-state index in [1.165, 1.54) is 0 Å². The zero-order valence-electron chi connectivity index (χ0n) is 6.91. The summed E-state index contributed by atoms with van der Waals surface area (Å²) in [6.07, 6.45) is 0. The summed E-state index contributed by atoms with van der Waals surface area (Å²) in [6.45, 7) is 1.97. The van der Waals surface area contributed by atoms with Gasteiger partial charge in [0, 0.05) is 0 Å². The first-order chi connectivity index (χ1) is 4.77. The third-order valence-electron chi connectivity index (χ3n) is 0.831. The summed E-state index contributed by atoms with van der Waals surface area (Å²) in [5.74, 6) is -0.0185. The maximum absolute atomic E-state index is 11.2. The first-order valence-electron chi connectivity index (χ1n) is 3.24. The molecule has 68 valence electrons. The summed E-state index contributed by atoms with van der Waals surface area (Å²) in [4.78, 5) is 0. The fourth-order valence-electron chi connectivity index (χ4n) is 0.640. The predicted octanol–water partition coefficient (Wildman–Crippen LogP) is 3.04. The Hall–Kier alpha value is 0.710. The van der Waals surface area contributed by atoms with Gasteiger partial charge >= 0.3 is 0 Å². The lowest BCUT2D eigenvalue weighted by atomic mass is 10.9. The predicted molar refractivity (Wildman–Crippen MR) is 49.4 cm³/mol. The van der Waals surface area contributed by atoms with Crippen LogP contribution in [0, 0.1) is 0 Å². The van der Waals surface area contributed by atoms with Crippen LogP contribution in [-0.4, -0.2) is 25.8 Å². The lowest BCUT2D eigenvalue weighted by Crippen LogP contribution is -1.89. The van der Waals surface area contributed by atoms with Gasteiger partial charge in [-0.15, -0.1) is 0 Å². The SMILES string of the molecule is CCOP(=O)(Cl)CP(C)(C)=O. The second-order valence-electron chi connectivity index (χ2n) is 2.72. The van der Waals surface area contributed by atoms with Crippen LogP contribution < -0.4 is 0 Å². The van der Waals surface area contributed by atoms with Crippen molar-refractivity contribution < 1.29 is 13.7 Å². The highest BCUT2D eigenvalue weighted by atomic mass is 35.7. The summed E-state index contributed by atoms with van der Waals surface area (Å²) in [5, 5.41) is 0. The topological polar surface area (TPSA) is 43.4 Å². The van der Waals surface area contributed by atoms with E-state index in [4.69, 9.17) is 15.8 Å². The molecule has 0 saturated carbocycles. The van der Waals surface area contributed by atoms with Crippen molar-refractivity contribution in [1.82, 2.24) is 0 Å². The van der Waals surface area contributed by atoms with E-state index in [0.29, 0.717) is 6.61 Å². The Labute approximate surface area is 72.1 Å². The van der Waals surface area contributed by atoms with Gasteiger partial charge in [-0.3, -0.25) is 4.57 Å². The molecule has 0 aliphatic heterocycles. The average molecular weight is 219 g/mol. The molecule has 0 aliphatic rings. The van der Waals surface area contributed by atoms with E-state index in [9.17, 15) is 9.13 Å². The molecule has 0 N–H and O–H groups in total. The van der Waals surface area contributed by atoms with Gasteiger partial charge in [-0.05, 0) is 31.5 Å². The zero-order chi connectivity index (χ0) is 9.12. The highest BCUT2D eigenvalue weighted by Crippen LogP contribution is 2.62. The molecular formula is C5H13ClO3P2. The van der Waals surface area contributed by atoms with Crippen molar-refractivity contribution >= 4 is 25.1 Å². The smallest absolute Gasteiger partial charge is 0.297 e. The van der Waals surface area contributed by atoms with Crippen LogP contribution in [0.1, 0.15) is 6.92 Å². The minimum atomic E-state index is -3.10. The van der Waals surface area contributed by atoms with E-state index in [1.54, 1.807) is 20.3 Å². The molecule has 0 heterocycles. The van der Waals surface area contributed by atoms with Crippen molar-refractivity contribution in [2.45, 2.75) is 6.92 Å². The van der Waals surface area contributed by atoms with Crippen LogP contribution in [0.5, 0.6) is 0 Å². The zero-order valence-corrected chi connectivity index (χ0v) is 9.46. The first-order valence-corrected chi connectivity index (χ1v) is 8.74. The lowest BCUT2D eigenvalue weighted by Gasteiger charge is -2.12. The molecule has 0 aliphatic carbocycles. The van der Waals surface area contributed by atoms with Crippen LogP contribution in [0.2, 0.25) is 0 Å². The van der Waals surface area contributed by atoms with Gasteiger partial charge in [0.2, 0.25) is 0 Å². The van der Waals surface area contributed by atoms with Crippen molar-refractivity contribution in [3.8, 4) is 0 Å². The lowest BCUT2D eigenvalue weighted by molar-refractivity contribution is 0.347. The minimum Gasteiger partial charge on any atom is -0.324 e. The van der Waals surface area contributed by atoms with Gasteiger partial charge in [0.15, 0.2) is 0 Å². The summed E-state index contributed by atoms with van der Waals surface area (Å²) in [6, 6.07) is 0. The van der Waals surface area contributed by atoms with Crippen LogP contribution in [0.25, 0.3) is 0 Å². The Balaban J connectivity index is 4.14. The van der Waals surface area contributed by atoms with E-state index in [1.807, 2.05) is 0 Å². The molecular weight excluding hydrogens is 205 g/mol. The van der Waals surface area contributed by atoms with Crippen LogP contribution in [0.3, 0.4) is 0 Å². The van der Waals surface area contributed by atoms with Crippen molar-refractivity contribution in [3.05, 3.63) is 0 Å². The van der Waals surface area contributed by atoms with Gasteiger partial charge in [0.25, 0.3) is 6.72 Å². The Morgan fingerprint density at radius 1 is 1.36 bits per heavy atom. The molecule has 11 heavy (non-hydrogen) atoms. The second kappa shape index (κ2) is 4.09. The maximum Gasteiger partial charge on any atom is 0.297 e. The minimum absolute atomic E-state index is 0.0185. The van der Waals surface area contributed by atoms with Gasteiger partial charge in [-0.1, -0.05) is 0 Å². The Morgan fingerprint density at radius 2 is 1.82 bits per heavy atom. The number of hydrogen-bond donors (Lipinski definition) is 0. The number of halogens is 1. The Kier molecular flexibility index (Phi) is 4.36. The largest absolute Gasteiger partial charge is 0.324 e. The molecule has 0 rings (SSSR count). The Morgan fingerprint density at radius 3 is 2.09 bits per heavy atom. The highest BCUT2D eigenvalue weighted by molar-refractivity contribution is 7.92. The highest BCUT2D eigenvalue weighted by Gasteiger charge is 2.25. The van der Waals surface area contributed by atoms with Crippen LogP contribution >= 0.6 is 25.1 Å². The van der Waals surface area contributed by atoms with Crippen LogP contribution in [0.15, 0.2) is 0 Å². The van der Waals surface area contributed by atoms with E-state index >= 15 is 0 Å². The molecule has 0 radical (unpaired) electrons. The molecule has 0 spiro atoms. The van der Waals surface area contributed by atoms with E-state index < -0.39 is 13.9 Å². The van der Waals surface area contributed by atoms with Crippen molar-refractivity contribution in [2.75, 3.05) is 25.8 Å². The molecule has 1 unspecified atom stereocenters. The average Bonchev–Trinajstić information content (AvgIpc) is 1.55. The number of rotatable bonds is 4. The van der Waals surface area contributed by atoms with Crippen molar-refractivity contribution in [2.24, 2.45) is 0 Å². The molecule has 0 saturated heterocycles. The normalized spacial score (nSPS) is 17.8. The van der Waals surface area contributed by atoms with Crippen molar-refractivity contribution in [3.63, 3.8) is 0 Å². The van der Waals surface area contributed by atoms with Crippen molar-refractivity contribution in [1.29, 1.82) is 0 Å². The summed E-state index contributed by atoms with van der Waals surface area (Å²) >= 11 is 5.48. The van der Waals surface area contributed by atoms with Gasteiger partial charge in [0.05, 0.1) is 19.7 Å². The first kappa shape index (κ1) is 11.7. The van der Waals surface area contributed by atoms with Gasteiger partial charge in [-0.2, -0.15) is 0 Å². The monoisotopic (exact) mass is 218 g/mol. The third-order valence-corrected chi connectivity index (χ3v) is 6.81. The molecule has 0 amide bonds. The van der Waals surface area contributed by atoms with Gasteiger partial charge in [-0.25, -0.2) is 0 Å². The standard InChI is InChI=1S/C5H13ClO3P2/c1-4-9-11(6,8)5-10(2,3)7/h4-5H2,1-3H3. The van der Waals surface area contributed by atoms with E-state index in [-0.39, 0.29) is 5.90 Å². The summed E-state index contributed by atoms with van der Waals surface area (Å²) in [5.41, 5.74) is 0. The fraction of sp³-hybridized carbons (Fsp3) is 1.00. The quantitative estimate of drug-likeness (QED) is 0.681. The van der Waals surface area contributed by atoms with E-state index in [0.717, 1.165) is 0 Å². The molecule has 0 aromatic rings. The van der Waals surface area contributed by atoms with Gasteiger partial charge < -0.3 is 9.09 Å². The fourth-order valence-corrected chi connectivity index (χ4v) is 7.22. The third kappa shape index (κ3) is 7.08. The summed E-state index contributed by atoms with van der Waals surface area (Å²) < 4.78 is 27.1. The maximum atomic E-state index is 11.2. The van der Waals surface area contributed by atoms with Crippen LogP contribution in [-0.2, 0) is 13.7 Å². The summed E-state index contributed by atoms with van der Waals surface area (Å²) in [7, 11) is -2.34. The molecule has 6 heteroatoms. The molecule has 0 aromatic carbocycles. The Bertz CT molecular complexity index is 210. The van der Waals surface area contributed by atoms with Crippen LogP contribution in [0.4, 0.5) is 0 Å². The molecule has 0 aromatic heterocycles.